The fraction of sp³-hybridized carbons (Fsp3) is 1.00. The molecule has 0 radical (unpaired) electrons. The van der Waals surface area contributed by atoms with Crippen LogP contribution in [0.5, 0.6) is 0 Å². The smallest absolute Gasteiger partial charge is 0.0431 e. The van der Waals surface area contributed by atoms with Gasteiger partial charge in [-0.2, -0.15) is 0 Å². The van der Waals surface area contributed by atoms with Crippen LogP contribution in [0.1, 0.15) is 0 Å². The third kappa shape index (κ3) is 5.53. The Labute approximate surface area is 44.1 Å². The van der Waals surface area contributed by atoms with E-state index in [-0.39, 0.29) is 0 Å². The molecule has 3 nitrogen and oxygen atoms in total. The Hall–Kier alpha value is -0.473. The van der Waals surface area contributed by atoms with E-state index in [9.17, 15) is 0 Å². The van der Waals surface area contributed by atoms with Crippen molar-refractivity contribution < 1.29 is 0 Å². The zero-order chi connectivity index (χ0) is 5.91. The van der Waals surface area contributed by atoms with Crippen molar-refractivity contribution in [1.29, 1.82) is 5.53 Å². The van der Waals surface area contributed by atoms with E-state index in [1.54, 1.807) is 0 Å². The fourth-order valence-electron chi connectivity index (χ4n) is 0.150. The van der Waals surface area contributed by atoms with Crippen molar-refractivity contribution in [3.05, 3.63) is 0 Å². The average Bonchev–Trinajstić information content (AvgIpc) is 1.30. The molecule has 0 heterocycles. The van der Waals surface area contributed by atoms with Crippen molar-refractivity contribution in [2.24, 2.45) is 4.78 Å². The molecular formula is C3H10N3Si+. The van der Waals surface area contributed by atoms with Crippen molar-refractivity contribution in [3.63, 3.8) is 0 Å². The predicted octanol–water partition coefficient (Wildman–Crippen LogP) is 1.37. The van der Waals surface area contributed by atoms with Crippen LogP contribution in [0.3, 0.4) is 0 Å². The molecule has 0 aromatic carbocycles. The van der Waals surface area contributed by atoms with Gasteiger partial charge in [-0.15, -0.1) is 0 Å². The van der Waals surface area contributed by atoms with Crippen LogP contribution in [0.2, 0.25) is 19.6 Å². The van der Waals surface area contributed by atoms with Crippen LogP contribution >= 0.6 is 0 Å². The van der Waals surface area contributed by atoms with Crippen molar-refractivity contribution in [1.82, 2.24) is 4.91 Å². The van der Waals surface area contributed by atoms with Crippen molar-refractivity contribution in [2.75, 3.05) is 0 Å². The highest BCUT2D eigenvalue weighted by Gasteiger charge is 2.18. The van der Waals surface area contributed by atoms with Crippen molar-refractivity contribution in [3.8, 4) is 0 Å². The molecule has 0 spiro atoms. The molecule has 0 aliphatic carbocycles. The highest BCUT2D eigenvalue weighted by Crippen LogP contribution is 1.97. The minimum atomic E-state index is -1.39. The Kier molecular flexibility index (Phi) is 1.86. The number of hydrogen-bond acceptors (Lipinski definition) is 2. The fourth-order valence-corrected chi connectivity index (χ4v) is 0.450. The lowest BCUT2D eigenvalue weighted by molar-refractivity contribution is 1.01. The highest BCUT2D eigenvalue weighted by molar-refractivity contribution is 6.74. The van der Waals surface area contributed by atoms with Gasteiger partial charge in [-0.05, 0) is 19.6 Å². The van der Waals surface area contributed by atoms with Gasteiger partial charge in [0.15, 0.2) is 0 Å². The molecule has 0 unspecified atom stereocenters. The summed E-state index contributed by atoms with van der Waals surface area (Å²) in [5.74, 6) is 0. The van der Waals surface area contributed by atoms with Gasteiger partial charge in [0.1, 0.15) is 5.53 Å². The summed E-state index contributed by atoms with van der Waals surface area (Å²) >= 11 is 0. The second-order valence-electron chi connectivity index (χ2n) is 2.37. The first-order chi connectivity index (χ1) is 3.06. The Morgan fingerprint density at radius 2 is 1.86 bits per heavy atom. The standard InChI is InChI=1S/C3H10N3Si/c1-7(2,3)6-5-4/h4H,1-3H3/q+1. The van der Waals surface area contributed by atoms with Crippen LogP contribution in [-0.4, -0.2) is 8.24 Å². The van der Waals surface area contributed by atoms with Gasteiger partial charge in [0.2, 0.25) is 4.91 Å². The van der Waals surface area contributed by atoms with E-state index in [2.05, 4.69) is 9.69 Å². The van der Waals surface area contributed by atoms with Crippen LogP contribution in [0.25, 0.3) is 0 Å². The van der Waals surface area contributed by atoms with Crippen LogP contribution in [-0.2, 0) is 0 Å². The van der Waals surface area contributed by atoms with E-state index in [0.717, 1.165) is 0 Å². The van der Waals surface area contributed by atoms with Gasteiger partial charge in [0.25, 0.3) is 8.24 Å². The third-order valence-electron chi connectivity index (χ3n) is 0.350. The molecule has 4 heteroatoms. The summed E-state index contributed by atoms with van der Waals surface area (Å²) in [7, 11) is -1.39. The van der Waals surface area contributed by atoms with E-state index in [1.165, 1.54) is 0 Å². The van der Waals surface area contributed by atoms with Crippen LogP contribution < -0.4 is 4.91 Å². The van der Waals surface area contributed by atoms with Crippen LogP contribution in [0.15, 0.2) is 4.78 Å². The molecule has 0 bridgehead atoms. The van der Waals surface area contributed by atoms with Gasteiger partial charge in [0.05, 0.1) is 4.78 Å². The van der Waals surface area contributed by atoms with Gasteiger partial charge in [-0.1, -0.05) is 0 Å². The summed E-state index contributed by atoms with van der Waals surface area (Å²) in [5, 5.41) is 0. The number of nitrogens with zero attached hydrogens (tertiary/aromatic N) is 2. The number of hydrogen-bond donors (Lipinski definition) is 1. The van der Waals surface area contributed by atoms with Crippen LogP contribution in [0.4, 0.5) is 0 Å². The quantitative estimate of drug-likeness (QED) is 0.305. The Morgan fingerprint density at radius 1 is 1.43 bits per heavy atom. The Morgan fingerprint density at radius 3 is 1.86 bits per heavy atom. The Bertz CT molecular complexity index is 97.2. The molecule has 0 amide bonds. The maximum atomic E-state index is 6.35. The normalized spacial score (nSPS) is 10.1. The molecule has 0 aromatic heterocycles. The summed E-state index contributed by atoms with van der Waals surface area (Å²) in [6, 6.07) is 0. The topological polar surface area (TPSA) is 50.3 Å². The molecule has 40 valence electrons. The lowest BCUT2D eigenvalue weighted by atomic mass is 11.8. The van der Waals surface area contributed by atoms with Crippen molar-refractivity contribution >= 4 is 8.24 Å². The molecular weight excluding hydrogens is 106 g/mol. The molecule has 0 saturated carbocycles. The maximum absolute atomic E-state index is 6.35. The summed E-state index contributed by atoms with van der Waals surface area (Å²) in [5.41, 5.74) is 6.35. The molecule has 0 fully saturated rings. The summed E-state index contributed by atoms with van der Waals surface area (Å²) in [6.45, 7) is 6.10. The molecule has 7 heavy (non-hydrogen) atoms. The van der Waals surface area contributed by atoms with Gasteiger partial charge < -0.3 is 0 Å². The zero-order valence-electron chi connectivity index (χ0n) is 4.89. The lowest BCUT2D eigenvalue weighted by Gasteiger charge is -1.91. The van der Waals surface area contributed by atoms with E-state index >= 15 is 0 Å². The van der Waals surface area contributed by atoms with E-state index in [0.29, 0.717) is 0 Å². The zero-order valence-corrected chi connectivity index (χ0v) is 5.89. The summed E-state index contributed by atoms with van der Waals surface area (Å²) < 4.78 is 3.69. The first-order valence-electron chi connectivity index (χ1n) is 2.15. The van der Waals surface area contributed by atoms with Gasteiger partial charge in [-0.3, -0.25) is 0 Å². The Balaban J connectivity index is 3.80. The summed E-state index contributed by atoms with van der Waals surface area (Å²) in [4.78, 5) is 2.94. The molecule has 1 N–H and O–H groups in total. The predicted molar refractivity (Wildman–Crippen MR) is 30.6 cm³/mol. The van der Waals surface area contributed by atoms with E-state index in [1.807, 2.05) is 19.6 Å². The molecule has 0 aromatic rings. The molecule has 0 rings (SSSR count). The summed E-state index contributed by atoms with van der Waals surface area (Å²) in [6.07, 6.45) is 0. The SMILES string of the molecule is C[Si](C)(C)N=[N+]=N. The number of nitrogens with one attached hydrogen (secondary N) is 1. The van der Waals surface area contributed by atoms with E-state index in [4.69, 9.17) is 5.53 Å². The van der Waals surface area contributed by atoms with Gasteiger partial charge in [-0.25, -0.2) is 0 Å². The van der Waals surface area contributed by atoms with Gasteiger partial charge in [0, 0.05) is 0 Å². The second kappa shape index (κ2) is 2.00. The maximum Gasteiger partial charge on any atom is 0.285 e. The number of rotatable bonds is 1. The minimum Gasteiger partial charge on any atom is -0.0431 e. The van der Waals surface area contributed by atoms with Gasteiger partial charge >= 0.3 is 0 Å². The van der Waals surface area contributed by atoms with Crippen molar-refractivity contribution in [2.45, 2.75) is 19.6 Å². The molecule has 0 aliphatic heterocycles. The second-order valence-corrected chi connectivity index (χ2v) is 6.91. The molecule has 0 atom stereocenters. The minimum absolute atomic E-state index is 1.39. The first-order valence-corrected chi connectivity index (χ1v) is 5.59. The largest absolute Gasteiger partial charge is 0.285 e. The molecule has 0 saturated heterocycles. The van der Waals surface area contributed by atoms with Crippen LogP contribution in [0, 0.1) is 5.53 Å². The molecule has 0 aliphatic rings. The van der Waals surface area contributed by atoms with E-state index < -0.39 is 8.24 Å². The monoisotopic (exact) mass is 116 g/mol. The first kappa shape index (κ1) is 6.53. The highest BCUT2D eigenvalue weighted by atomic mass is 28.3. The third-order valence-corrected chi connectivity index (χ3v) is 1.05. The lowest BCUT2D eigenvalue weighted by Crippen LogP contribution is -2.15. The average molecular weight is 116 g/mol.